The molecule has 0 atom stereocenters. The first-order chi connectivity index (χ1) is 21.5. The molecule has 233 valence electrons. The SMILES string of the molecule is COc1cc(N2CCOCC2)ccc1Nc1nc([As]c2cc3c(cc2OC)CCN(CC(=O)N2CCCC2)CC3)ncc1Cl. The normalized spacial score (nSPS) is 17.5. The summed E-state index contributed by atoms with van der Waals surface area (Å²) in [5, 5.41) is 3.81. The molecule has 2 fully saturated rings. The van der Waals surface area contributed by atoms with Gasteiger partial charge in [0.15, 0.2) is 0 Å². The Morgan fingerprint density at radius 1 is 0.977 bits per heavy atom. The summed E-state index contributed by atoms with van der Waals surface area (Å²) in [6.07, 6.45) is 5.69. The molecule has 44 heavy (non-hydrogen) atoms. The zero-order valence-corrected chi connectivity index (χ0v) is 28.0. The summed E-state index contributed by atoms with van der Waals surface area (Å²) < 4.78 is 18.9. The third-order valence-electron chi connectivity index (χ3n) is 8.48. The molecule has 3 aliphatic heterocycles. The maximum atomic E-state index is 12.8. The first-order valence-electron chi connectivity index (χ1n) is 15.2. The summed E-state index contributed by atoms with van der Waals surface area (Å²) >= 11 is 5.99. The van der Waals surface area contributed by atoms with Crippen molar-refractivity contribution in [3.63, 3.8) is 0 Å². The van der Waals surface area contributed by atoms with E-state index in [1.165, 1.54) is 11.1 Å². The fourth-order valence-electron chi connectivity index (χ4n) is 5.99. The first kappa shape index (κ1) is 31.0. The number of anilines is 3. The zero-order chi connectivity index (χ0) is 30.5. The van der Waals surface area contributed by atoms with Crippen molar-refractivity contribution in [1.82, 2.24) is 19.8 Å². The number of hydrogen-bond acceptors (Lipinski definition) is 9. The van der Waals surface area contributed by atoms with E-state index in [0.29, 0.717) is 23.1 Å². The fraction of sp³-hybridized carbons (Fsp3) is 0.469. The van der Waals surface area contributed by atoms with Gasteiger partial charge in [-0.15, -0.1) is 0 Å². The number of ether oxygens (including phenoxy) is 3. The van der Waals surface area contributed by atoms with Gasteiger partial charge in [0.25, 0.3) is 0 Å². The molecule has 0 bridgehead atoms. The summed E-state index contributed by atoms with van der Waals surface area (Å²) in [6.45, 7) is 7.17. The van der Waals surface area contributed by atoms with Crippen LogP contribution in [0.2, 0.25) is 5.02 Å². The van der Waals surface area contributed by atoms with Crippen LogP contribution in [-0.2, 0) is 22.4 Å². The topological polar surface area (TPSA) is 92.3 Å². The third-order valence-corrected chi connectivity index (χ3v) is 10.9. The number of aromatic nitrogens is 2. The van der Waals surface area contributed by atoms with E-state index in [2.05, 4.69) is 38.3 Å². The van der Waals surface area contributed by atoms with Gasteiger partial charge in [-0.2, -0.15) is 0 Å². The minimum atomic E-state index is -0.575. The summed E-state index contributed by atoms with van der Waals surface area (Å²) in [4.78, 5) is 28.8. The molecular weight excluding hydrogens is 643 g/mol. The van der Waals surface area contributed by atoms with E-state index >= 15 is 0 Å². The number of carbonyl (C=O) groups is 1. The molecule has 3 aromatic rings. The van der Waals surface area contributed by atoms with Gasteiger partial charge in [-0.3, -0.25) is 0 Å². The van der Waals surface area contributed by atoms with Crippen molar-refractivity contribution in [1.29, 1.82) is 0 Å². The second-order valence-electron chi connectivity index (χ2n) is 11.2. The molecule has 4 heterocycles. The quantitative estimate of drug-likeness (QED) is 0.342. The van der Waals surface area contributed by atoms with Crippen LogP contribution < -0.4 is 28.7 Å². The van der Waals surface area contributed by atoms with E-state index in [4.69, 9.17) is 30.8 Å². The number of carbonyl (C=O) groups excluding carboxylic acids is 1. The molecule has 6 rings (SSSR count). The van der Waals surface area contributed by atoms with Crippen molar-refractivity contribution in [3.8, 4) is 11.5 Å². The van der Waals surface area contributed by atoms with E-state index < -0.39 is 15.8 Å². The van der Waals surface area contributed by atoms with Crippen molar-refractivity contribution in [2.24, 2.45) is 0 Å². The second kappa shape index (κ2) is 14.4. The van der Waals surface area contributed by atoms with Gasteiger partial charge < -0.3 is 0 Å². The average molecular weight is 682 g/mol. The number of amides is 1. The van der Waals surface area contributed by atoms with E-state index in [0.717, 1.165) is 104 Å². The molecule has 3 aliphatic rings. The van der Waals surface area contributed by atoms with Gasteiger partial charge in [0.05, 0.1) is 0 Å². The number of hydrogen-bond donors (Lipinski definition) is 1. The van der Waals surface area contributed by atoms with Crippen molar-refractivity contribution >= 4 is 59.4 Å². The van der Waals surface area contributed by atoms with Crippen molar-refractivity contribution < 1.29 is 19.0 Å². The van der Waals surface area contributed by atoms with Gasteiger partial charge in [0.1, 0.15) is 0 Å². The van der Waals surface area contributed by atoms with Crippen LogP contribution in [0, 0.1) is 0 Å². The average Bonchev–Trinajstić information content (AvgIpc) is 3.53. The molecule has 0 aliphatic carbocycles. The Morgan fingerprint density at radius 2 is 1.70 bits per heavy atom. The van der Waals surface area contributed by atoms with Gasteiger partial charge in [0.2, 0.25) is 0 Å². The number of likely N-dealkylation sites (tertiary alicyclic amines) is 1. The molecule has 1 N–H and O–H groups in total. The van der Waals surface area contributed by atoms with Crippen LogP contribution in [0.1, 0.15) is 24.0 Å². The van der Waals surface area contributed by atoms with Gasteiger partial charge >= 0.3 is 272 Å². The number of benzene rings is 2. The number of rotatable bonds is 9. The molecule has 1 aromatic heterocycles. The van der Waals surface area contributed by atoms with Gasteiger partial charge in [0, 0.05) is 0 Å². The van der Waals surface area contributed by atoms with Crippen LogP contribution in [0.3, 0.4) is 0 Å². The van der Waals surface area contributed by atoms with Crippen LogP contribution in [0.25, 0.3) is 0 Å². The Kier molecular flexibility index (Phi) is 10.1. The van der Waals surface area contributed by atoms with Crippen molar-refractivity contribution in [2.45, 2.75) is 25.7 Å². The van der Waals surface area contributed by atoms with Gasteiger partial charge in [-0.05, 0) is 0 Å². The predicted molar refractivity (Wildman–Crippen MR) is 174 cm³/mol. The molecule has 12 heteroatoms. The van der Waals surface area contributed by atoms with Crippen LogP contribution in [0.4, 0.5) is 17.2 Å². The molecule has 2 aromatic carbocycles. The molecule has 1 radical (unpaired) electrons. The predicted octanol–water partition coefficient (Wildman–Crippen LogP) is 2.41. The number of nitrogens with zero attached hydrogens (tertiary/aromatic N) is 5. The summed E-state index contributed by atoms with van der Waals surface area (Å²) in [5.74, 6) is 2.36. The van der Waals surface area contributed by atoms with Crippen LogP contribution in [0.15, 0.2) is 36.5 Å². The van der Waals surface area contributed by atoms with Crippen molar-refractivity contribution in [2.75, 3.05) is 83.5 Å². The summed E-state index contributed by atoms with van der Waals surface area (Å²) in [5.41, 5.74) is 4.47. The number of halogens is 1. The standard InChI is InChI=1S/C32H39AsClN6O4/c1-42-28-18-23-8-12-38(21-30(41)40-9-3-4-10-40)11-7-22(23)17-25(28)33-32-35-20-26(34)31(37-32)36-27-6-5-24(19-29(27)43-2)39-13-15-44-16-14-39/h5-6,17-20H,3-4,7-16,21H2,1-2H3,(H,35,36,37). The van der Waals surface area contributed by atoms with Crippen LogP contribution >= 0.6 is 11.6 Å². The maximum absolute atomic E-state index is 12.8. The Hall–Kier alpha value is -3.04. The third kappa shape index (κ3) is 7.26. The second-order valence-corrected chi connectivity index (χ2v) is 14.0. The molecule has 2 saturated heterocycles. The number of fused-ring (bicyclic) bond motifs is 1. The Bertz CT molecular complexity index is 1480. The number of methoxy groups -OCH3 is 2. The Labute approximate surface area is 270 Å². The minimum absolute atomic E-state index is 0.256. The monoisotopic (exact) mass is 681 g/mol. The molecule has 1 amide bonds. The van der Waals surface area contributed by atoms with E-state index in [9.17, 15) is 4.79 Å². The molecule has 0 spiro atoms. The summed E-state index contributed by atoms with van der Waals surface area (Å²) in [6, 6.07) is 10.5. The summed E-state index contributed by atoms with van der Waals surface area (Å²) in [7, 11) is 3.38. The molecular formula is C32H39AsClN6O4. The fourth-order valence-corrected chi connectivity index (χ4v) is 8.16. The van der Waals surface area contributed by atoms with E-state index in [-0.39, 0.29) is 5.91 Å². The molecule has 10 nitrogen and oxygen atoms in total. The van der Waals surface area contributed by atoms with Gasteiger partial charge in [-0.1, -0.05) is 0 Å². The Morgan fingerprint density at radius 3 is 2.43 bits per heavy atom. The van der Waals surface area contributed by atoms with E-state index in [1.54, 1.807) is 20.4 Å². The molecule has 0 saturated carbocycles. The van der Waals surface area contributed by atoms with Crippen LogP contribution in [0.5, 0.6) is 11.5 Å². The number of nitrogens with one attached hydrogen (secondary N) is 1. The van der Waals surface area contributed by atoms with E-state index in [1.807, 2.05) is 17.0 Å². The van der Waals surface area contributed by atoms with Crippen molar-refractivity contribution in [3.05, 3.63) is 52.7 Å². The van der Waals surface area contributed by atoms with Crippen LogP contribution in [-0.4, -0.2) is 115 Å². The number of morpholine rings is 1. The first-order valence-corrected chi connectivity index (χ1v) is 17.5. The Balaban J connectivity index is 1.16. The zero-order valence-electron chi connectivity index (χ0n) is 25.4. The van der Waals surface area contributed by atoms with Gasteiger partial charge in [-0.25, -0.2) is 0 Å². The molecule has 0 unspecified atom stereocenters.